The van der Waals surface area contributed by atoms with Crippen LogP contribution in [0.25, 0.3) is 16.9 Å². The van der Waals surface area contributed by atoms with Gasteiger partial charge in [0.1, 0.15) is 17.3 Å². The molecule has 0 bridgehead atoms. The van der Waals surface area contributed by atoms with E-state index in [1.165, 1.54) is 6.07 Å². The summed E-state index contributed by atoms with van der Waals surface area (Å²) in [5, 5.41) is 8.24. The van der Waals surface area contributed by atoms with E-state index in [0.717, 1.165) is 68.4 Å². The predicted octanol–water partition coefficient (Wildman–Crippen LogP) is 3.50. The highest BCUT2D eigenvalue weighted by molar-refractivity contribution is 5.64. The predicted molar refractivity (Wildman–Crippen MR) is 119 cm³/mol. The van der Waals surface area contributed by atoms with Crippen molar-refractivity contribution in [2.45, 2.75) is 13.0 Å². The van der Waals surface area contributed by atoms with Gasteiger partial charge in [0.15, 0.2) is 0 Å². The van der Waals surface area contributed by atoms with Gasteiger partial charge < -0.3 is 14.8 Å². The standard InChI is InChI=1S/C24H29FN4O2/c1-30-21-9-7-19(8-10-21)24-20(17-26-11-4-12-28-13-15-31-16-14-28)18-29(27-24)23-6-3-2-5-22(23)25/h2-3,5-10,18,26H,4,11-17H2,1H3. The van der Waals surface area contributed by atoms with E-state index in [0.29, 0.717) is 12.2 Å². The monoisotopic (exact) mass is 424 g/mol. The number of nitrogens with one attached hydrogen (secondary N) is 1. The Hall–Kier alpha value is -2.74. The summed E-state index contributed by atoms with van der Waals surface area (Å²) in [4.78, 5) is 2.43. The van der Waals surface area contributed by atoms with Crippen molar-refractivity contribution in [1.29, 1.82) is 0 Å². The van der Waals surface area contributed by atoms with Crippen LogP contribution in [0, 0.1) is 5.82 Å². The number of ether oxygens (including phenoxy) is 2. The molecule has 1 aliphatic heterocycles. The average molecular weight is 425 g/mol. The second-order valence-electron chi connectivity index (χ2n) is 7.61. The molecule has 0 unspecified atom stereocenters. The van der Waals surface area contributed by atoms with Crippen LogP contribution in [0.2, 0.25) is 0 Å². The van der Waals surface area contributed by atoms with Gasteiger partial charge >= 0.3 is 0 Å². The van der Waals surface area contributed by atoms with Crippen molar-refractivity contribution in [3.8, 4) is 22.7 Å². The van der Waals surface area contributed by atoms with Crippen molar-refractivity contribution >= 4 is 0 Å². The van der Waals surface area contributed by atoms with Gasteiger partial charge in [-0.05, 0) is 55.9 Å². The van der Waals surface area contributed by atoms with Gasteiger partial charge in [-0.25, -0.2) is 9.07 Å². The summed E-state index contributed by atoms with van der Waals surface area (Å²) >= 11 is 0. The SMILES string of the molecule is COc1ccc(-c2nn(-c3ccccc3F)cc2CNCCCN2CCOCC2)cc1. The zero-order valence-corrected chi connectivity index (χ0v) is 17.9. The maximum absolute atomic E-state index is 14.3. The lowest BCUT2D eigenvalue weighted by molar-refractivity contribution is 0.0374. The van der Waals surface area contributed by atoms with E-state index in [9.17, 15) is 4.39 Å². The number of methoxy groups -OCH3 is 1. The van der Waals surface area contributed by atoms with Crippen LogP contribution >= 0.6 is 0 Å². The normalized spacial score (nSPS) is 14.6. The van der Waals surface area contributed by atoms with Crippen LogP contribution in [-0.4, -0.2) is 61.2 Å². The van der Waals surface area contributed by atoms with Gasteiger partial charge in [0, 0.05) is 37.0 Å². The molecule has 4 rings (SSSR count). The van der Waals surface area contributed by atoms with E-state index < -0.39 is 0 Å². The molecule has 0 amide bonds. The Morgan fingerprint density at radius 2 is 1.87 bits per heavy atom. The molecule has 1 aromatic heterocycles. The fourth-order valence-electron chi connectivity index (χ4n) is 3.77. The minimum atomic E-state index is -0.295. The van der Waals surface area contributed by atoms with E-state index in [4.69, 9.17) is 14.6 Å². The molecule has 0 spiro atoms. The third kappa shape index (κ3) is 5.50. The minimum absolute atomic E-state index is 0.295. The van der Waals surface area contributed by atoms with Crippen molar-refractivity contribution in [3.05, 3.63) is 66.1 Å². The smallest absolute Gasteiger partial charge is 0.148 e. The van der Waals surface area contributed by atoms with E-state index in [1.807, 2.05) is 36.5 Å². The van der Waals surface area contributed by atoms with Crippen LogP contribution in [0.15, 0.2) is 54.7 Å². The van der Waals surface area contributed by atoms with E-state index in [1.54, 1.807) is 23.9 Å². The maximum Gasteiger partial charge on any atom is 0.148 e. The molecule has 0 aliphatic carbocycles. The molecule has 3 aromatic rings. The lowest BCUT2D eigenvalue weighted by Crippen LogP contribution is -2.37. The van der Waals surface area contributed by atoms with Gasteiger partial charge in [0.25, 0.3) is 0 Å². The molecular weight excluding hydrogens is 395 g/mol. The van der Waals surface area contributed by atoms with Crippen molar-refractivity contribution in [3.63, 3.8) is 0 Å². The second-order valence-corrected chi connectivity index (χ2v) is 7.61. The number of para-hydroxylation sites is 1. The van der Waals surface area contributed by atoms with E-state index >= 15 is 0 Å². The first kappa shape index (κ1) is 21.5. The Balaban J connectivity index is 1.47. The van der Waals surface area contributed by atoms with Crippen LogP contribution in [0.3, 0.4) is 0 Å². The van der Waals surface area contributed by atoms with Gasteiger partial charge in [0.05, 0.1) is 26.0 Å². The van der Waals surface area contributed by atoms with Crippen molar-refractivity contribution in [2.75, 3.05) is 46.5 Å². The average Bonchev–Trinajstić information content (AvgIpc) is 3.24. The van der Waals surface area contributed by atoms with Gasteiger partial charge in [-0.3, -0.25) is 4.90 Å². The summed E-state index contributed by atoms with van der Waals surface area (Å²) in [5.74, 6) is 0.497. The van der Waals surface area contributed by atoms with Gasteiger partial charge in [-0.1, -0.05) is 12.1 Å². The lowest BCUT2D eigenvalue weighted by Gasteiger charge is -2.26. The third-order valence-electron chi connectivity index (χ3n) is 5.50. The Bertz CT molecular complexity index is 968. The topological polar surface area (TPSA) is 51.5 Å². The molecule has 164 valence electrons. The zero-order chi connectivity index (χ0) is 21.5. The summed E-state index contributed by atoms with van der Waals surface area (Å²) in [7, 11) is 1.65. The van der Waals surface area contributed by atoms with Crippen molar-refractivity contribution < 1.29 is 13.9 Å². The molecule has 0 atom stereocenters. The Labute approximate surface area is 182 Å². The molecule has 2 aromatic carbocycles. The summed E-state index contributed by atoms with van der Waals surface area (Å²) < 4.78 is 26.6. The summed E-state index contributed by atoms with van der Waals surface area (Å²) in [6.07, 6.45) is 2.98. The molecule has 31 heavy (non-hydrogen) atoms. The highest BCUT2D eigenvalue weighted by Crippen LogP contribution is 2.26. The lowest BCUT2D eigenvalue weighted by atomic mass is 10.1. The molecule has 2 heterocycles. The highest BCUT2D eigenvalue weighted by atomic mass is 19.1. The molecule has 0 saturated carbocycles. The third-order valence-corrected chi connectivity index (χ3v) is 5.50. The van der Waals surface area contributed by atoms with Crippen molar-refractivity contribution in [2.24, 2.45) is 0 Å². The van der Waals surface area contributed by atoms with Crippen LogP contribution in [0.5, 0.6) is 5.75 Å². The maximum atomic E-state index is 14.3. The van der Waals surface area contributed by atoms with E-state index in [-0.39, 0.29) is 5.82 Å². The second kappa shape index (κ2) is 10.5. The number of aromatic nitrogens is 2. The van der Waals surface area contributed by atoms with Gasteiger partial charge in [-0.2, -0.15) is 5.10 Å². The first-order valence-corrected chi connectivity index (χ1v) is 10.7. The first-order chi connectivity index (χ1) is 15.2. The molecule has 1 fully saturated rings. The summed E-state index contributed by atoms with van der Waals surface area (Å²) in [6, 6.07) is 14.5. The molecule has 1 saturated heterocycles. The molecular formula is C24H29FN4O2. The fourth-order valence-corrected chi connectivity index (χ4v) is 3.77. The molecule has 7 heteroatoms. The number of hydrogen-bond acceptors (Lipinski definition) is 5. The Morgan fingerprint density at radius 1 is 1.10 bits per heavy atom. The van der Waals surface area contributed by atoms with Crippen LogP contribution in [-0.2, 0) is 11.3 Å². The van der Waals surface area contributed by atoms with Crippen molar-refractivity contribution in [1.82, 2.24) is 20.0 Å². The van der Waals surface area contributed by atoms with Crippen LogP contribution < -0.4 is 10.1 Å². The number of halogens is 1. The fraction of sp³-hybridized carbons (Fsp3) is 0.375. The number of nitrogens with zero attached hydrogens (tertiary/aromatic N) is 3. The quantitative estimate of drug-likeness (QED) is 0.533. The highest BCUT2D eigenvalue weighted by Gasteiger charge is 2.14. The summed E-state index contributed by atoms with van der Waals surface area (Å²) in [5.41, 5.74) is 3.28. The van der Waals surface area contributed by atoms with Gasteiger partial charge in [0.2, 0.25) is 0 Å². The first-order valence-electron chi connectivity index (χ1n) is 10.7. The molecule has 1 N–H and O–H groups in total. The van der Waals surface area contributed by atoms with Crippen LogP contribution in [0.4, 0.5) is 4.39 Å². The minimum Gasteiger partial charge on any atom is -0.497 e. The number of hydrogen-bond donors (Lipinski definition) is 1. The number of morpholine rings is 1. The summed E-state index contributed by atoms with van der Waals surface area (Å²) in [6.45, 7) is 6.31. The van der Waals surface area contributed by atoms with Crippen LogP contribution in [0.1, 0.15) is 12.0 Å². The Kier molecular flexibility index (Phi) is 7.30. The number of benzene rings is 2. The Morgan fingerprint density at radius 3 is 2.61 bits per heavy atom. The largest absolute Gasteiger partial charge is 0.497 e. The molecule has 0 radical (unpaired) electrons. The van der Waals surface area contributed by atoms with E-state index in [2.05, 4.69) is 10.2 Å². The molecule has 6 nitrogen and oxygen atoms in total. The van der Waals surface area contributed by atoms with Gasteiger partial charge in [-0.15, -0.1) is 0 Å². The molecule has 1 aliphatic rings. The zero-order valence-electron chi connectivity index (χ0n) is 17.9. The number of rotatable bonds is 9.